The van der Waals surface area contributed by atoms with Crippen LogP contribution < -0.4 is 4.90 Å². The fourth-order valence-electron chi connectivity index (χ4n) is 2.21. The number of hydrogen-bond donors (Lipinski definition) is 0. The van der Waals surface area contributed by atoms with E-state index in [1.165, 1.54) is 32.1 Å². The second kappa shape index (κ2) is 5.11. The van der Waals surface area contributed by atoms with Gasteiger partial charge in [0.1, 0.15) is 5.82 Å². The molecule has 1 aromatic heterocycles. The summed E-state index contributed by atoms with van der Waals surface area (Å²) in [6, 6.07) is 0.693. The van der Waals surface area contributed by atoms with E-state index in [1.54, 1.807) is 11.5 Å². The van der Waals surface area contributed by atoms with Crippen molar-refractivity contribution < 1.29 is 0 Å². The van der Waals surface area contributed by atoms with E-state index in [2.05, 4.69) is 9.27 Å². The molecule has 0 spiro atoms. The molecule has 0 aromatic carbocycles. The average molecular weight is 272 g/mol. The Kier molecular flexibility index (Phi) is 3.52. The molecule has 0 atom stereocenters. The molecule has 0 unspecified atom stereocenters. The predicted molar refractivity (Wildman–Crippen MR) is 72.2 cm³/mol. The van der Waals surface area contributed by atoms with Crippen LogP contribution in [-0.4, -0.2) is 27.8 Å². The minimum Gasteiger partial charge on any atom is -0.344 e. The van der Waals surface area contributed by atoms with Gasteiger partial charge >= 0.3 is 0 Å². The molecular weight excluding hydrogens is 254 g/mol. The summed E-state index contributed by atoms with van der Waals surface area (Å²) in [5, 5.41) is 1.13. The summed E-state index contributed by atoms with van der Waals surface area (Å²) in [5.41, 5.74) is 0. The number of halogens is 1. The Balaban J connectivity index is 1.70. The summed E-state index contributed by atoms with van der Waals surface area (Å²) in [5.74, 6) is 2.48. The minimum absolute atomic E-state index is 0.663. The van der Waals surface area contributed by atoms with Gasteiger partial charge in [-0.25, -0.2) is 4.98 Å². The van der Waals surface area contributed by atoms with Crippen LogP contribution in [0, 0.1) is 0 Å². The largest absolute Gasteiger partial charge is 0.344 e. The topological polar surface area (TPSA) is 29.0 Å². The van der Waals surface area contributed by atoms with Gasteiger partial charge in [0.2, 0.25) is 5.13 Å². The molecule has 2 aliphatic carbocycles. The zero-order chi connectivity index (χ0) is 11.7. The molecule has 1 aromatic rings. The number of nitrogens with zero attached hydrogens (tertiary/aromatic N) is 3. The molecule has 0 saturated heterocycles. The maximum atomic E-state index is 5.81. The first kappa shape index (κ1) is 11.7. The summed E-state index contributed by atoms with van der Waals surface area (Å²) in [4.78, 5) is 7.16. The third kappa shape index (κ3) is 2.58. The third-order valence-corrected chi connectivity index (χ3v) is 4.70. The molecule has 3 nitrogen and oxygen atoms in total. The average Bonchev–Trinajstić information content (AvgIpc) is 3.01. The molecule has 2 fully saturated rings. The Morgan fingerprint density at radius 2 is 2.12 bits per heavy atom. The Labute approximate surface area is 111 Å². The molecular formula is C12H18ClN3S. The number of anilines is 1. The van der Waals surface area contributed by atoms with Gasteiger partial charge in [-0.2, -0.15) is 4.37 Å². The van der Waals surface area contributed by atoms with E-state index in [-0.39, 0.29) is 0 Å². The van der Waals surface area contributed by atoms with E-state index in [0.717, 1.165) is 29.8 Å². The summed E-state index contributed by atoms with van der Waals surface area (Å²) >= 11 is 7.38. The molecule has 2 saturated carbocycles. The van der Waals surface area contributed by atoms with Crippen LogP contribution in [0.3, 0.4) is 0 Å². The van der Waals surface area contributed by atoms with Gasteiger partial charge in [-0.1, -0.05) is 0 Å². The van der Waals surface area contributed by atoms with Crippen molar-refractivity contribution in [2.45, 2.75) is 50.5 Å². The van der Waals surface area contributed by atoms with E-state index < -0.39 is 0 Å². The molecule has 94 valence electrons. The van der Waals surface area contributed by atoms with Crippen molar-refractivity contribution in [1.29, 1.82) is 0 Å². The quantitative estimate of drug-likeness (QED) is 0.743. The Bertz CT molecular complexity index is 374. The lowest BCUT2D eigenvalue weighted by atomic mass is 9.92. The molecule has 17 heavy (non-hydrogen) atoms. The van der Waals surface area contributed by atoms with Crippen LogP contribution in [-0.2, 0) is 0 Å². The summed E-state index contributed by atoms with van der Waals surface area (Å²) < 4.78 is 4.50. The first-order chi connectivity index (χ1) is 8.38. The number of rotatable bonds is 6. The van der Waals surface area contributed by atoms with Crippen LogP contribution >= 0.6 is 23.1 Å². The molecule has 0 bridgehead atoms. The fraction of sp³-hybridized carbons (Fsp3) is 0.833. The molecule has 0 radical (unpaired) electrons. The second-order valence-corrected chi connectivity index (χ2v) is 6.14. The molecule has 5 heteroatoms. The number of hydrogen-bond acceptors (Lipinski definition) is 4. The van der Waals surface area contributed by atoms with Gasteiger partial charge in [-0.15, -0.1) is 11.6 Å². The van der Waals surface area contributed by atoms with E-state index >= 15 is 0 Å². The first-order valence-electron chi connectivity index (χ1n) is 6.54. The van der Waals surface area contributed by atoms with Crippen LogP contribution in [0.25, 0.3) is 0 Å². The van der Waals surface area contributed by atoms with Crippen LogP contribution in [0.2, 0.25) is 0 Å². The highest BCUT2D eigenvalue weighted by Crippen LogP contribution is 2.40. The maximum absolute atomic E-state index is 5.81. The summed E-state index contributed by atoms with van der Waals surface area (Å²) in [6.07, 6.45) is 7.57. The molecule has 3 rings (SSSR count). The Morgan fingerprint density at radius 3 is 2.71 bits per heavy atom. The van der Waals surface area contributed by atoms with Crippen LogP contribution in [0.5, 0.6) is 0 Å². The highest BCUT2D eigenvalue weighted by Gasteiger charge is 2.31. The highest BCUT2D eigenvalue weighted by molar-refractivity contribution is 7.09. The summed E-state index contributed by atoms with van der Waals surface area (Å²) in [6.45, 7) is 1.04. The van der Waals surface area contributed by atoms with E-state index in [9.17, 15) is 0 Å². The lowest BCUT2D eigenvalue weighted by Gasteiger charge is -2.37. The van der Waals surface area contributed by atoms with Crippen molar-refractivity contribution in [1.82, 2.24) is 9.36 Å². The lowest BCUT2D eigenvalue weighted by molar-refractivity contribution is 0.385. The van der Waals surface area contributed by atoms with Crippen molar-refractivity contribution in [2.24, 2.45) is 0 Å². The third-order valence-electron chi connectivity index (χ3n) is 3.67. The highest BCUT2D eigenvalue weighted by atomic mass is 35.5. The number of alkyl halides is 1. The predicted octanol–water partition coefficient (Wildman–Crippen LogP) is 3.40. The van der Waals surface area contributed by atoms with Crippen LogP contribution in [0.4, 0.5) is 5.13 Å². The molecule has 0 N–H and O–H groups in total. The first-order valence-corrected chi connectivity index (χ1v) is 7.85. The monoisotopic (exact) mass is 271 g/mol. The molecule has 2 aliphatic rings. The van der Waals surface area contributed by atoms with Crippen LogP contribution in [0.1, 0.15) is 50.3 Å². The van der Waals surface area contributed by atoms with Gasteiger partial charge in [0.25, 0.3) is 0 Å². The van der Waals surface area contributed by atoms with Gasteiger partial charge in [0.05, 0.1) is 0 Å². The standard InChI is InChI=1S/C12H18ClN3S/c13-7-2-8-16(10-3-1-4-10)12-14-11(15-17-12)9-5-6-9/h9-10H,1-8H2. The SMILES string of the molecule is ClCCCN(c1nc(C2CC2)ns1)C1CCC1. The van der Waals surface area contributed by atoms with Crippen molar-refractivity contribution in [3.8, 4) is 0 Å². The van der Waals surface area contributed by atoms with Gasteiger partial charge in [-0.3, -0.25) is 0 Å². The Hall–Kier alpha value is -0.350. The molecule has 0 aliphatic heterocycles. The van der Waals surface area contributed by atoms with Crippen molar-refractivity contribution in [3.05, 3.63) is 5.82 Å². The van der Waals surface area contributed by atoms with Crippen LogP contribution in [0.15, 0.2) is 0 Å². The molecule has 0 amide bonds. The zero-order valence-electron chi connectivity index (χ0n) is 9.94. The van der Waals surface area contributed by atoms with Crippen molar-refractivity contribution in [2.75, 3.05) is 17.3 Å². The fourth-order valence-corrected chi connectivity index (χ4v) is 3.18. The van der Waals surface area contributed by atoms with Gasteiger partial charge in [0.15, 0.2) is 0 Å². The Morgan fingerprint density at radius 1 is 1.29 bits per heavy atom. The van der Waals surface area contributed by atoms with E-state index in [0.29, 0.717) is 12.0 Å². The van der Waals surface area contributed by atoms with Crippen molar-refractivity contribution in [3.63, 3.8) is 0 Å². The normalized spacial score (nSPS) is 20.3. The van der Waals surface area contributed by atoms with Gasteiger partial charge < -0.3 is 4.90 Å². The second-order valence-electron chi connectivity index (χ2n) is 5.03. The minimum atomic E-state index is 0.663. The lowest BCUT2D eigenvalue weighted by Crippen LogP contribution is -2.41. The smallest absolute Gasteiger partial charge is 0.205 e. The summed E-state index contributed by atoms with van der Waals surface area (Å²) in [7, 11) is 0. The maximum Gasteiger partial charge on any atom is 0.205 e. The van der Waals surface area contributed by atoms with Gasteiger partial charge in [0, 0.05) is 35.9 Å². The van der Waals surface area contributed by atoms with Crippen molar-refractivity contribution >= 4 is 28.3 Å². The van der Waals surface area contributed by atoms with E-state index in [4.69, 9.17) is 16.6 Å². The molecule has 1 heterocycles. The zero-order valence-corrected chi connectivity index (χ0v) is 11.5. The van der Waals surface area contributed by atoms with Gasteiger partial charge in [-0.05, 0) is 38.5 Å². The number of aromatic nitrogens is 2. The van der Waals surface area contributed by atoms with E-state index in [1.807, 2.05) is 0 Å².